The highest BCUT2D eigenvalue weighted by atomic mass is 32.1. The van der Waals surface area contributed by atoms with E-state index in [1.54, 1.807) is 11.3 Å². The van der Waals surface area contributed by atoms with Crippen molar-refractivity contribution in [1.29, 1.82) is 0 Å². The maximum absolute atomic E-state index is 12.5. The Morgan fingerprint density at radius 2 is 1.88 bits per heavy atom. The fourth-order valence-electron chi connectivity index (χ4n) is 3.80. The number of esters is 1. The van der Waals surface area contributed by atoms with Gasteiger partial charge in [0.25, 0.3) is 0 Å². The second-order valence-corrected chi connectivity index (χ2v) is 9.44. The molecule has 0 radical (unpaired) electrons. The van der Waals surface area contributed by atoms with Gasteiger partial charge in [-0.25, -0.2) is 4.79 Å². The molecule has 1 aromatic heterocycles. The van der Waals surface area contributed by atoms with E-state index in [1.807, 2.05) is 54.6 Å². The van der Waals surface area contributed by atoms with Crippen molar-refractivity contribution in [2.45, 2.75) is 32.8 Å². The van der Waals surface area contributed by atoms with E-state index in [-0.39, 0.29) is 5.97 Å². The molecular weight excluding hydrogens is 440 g/mol. The summed E-state index contributed by atoms with van der Waals surface area (Å²) >= 11 is 7.11. The van der Waals surface area contributed by atoms with Crippen LogP contribution in [0.2, 0.25) is 0 Å². The Labute approximate surface area is 197 Å². The summed E-state index contributed by atoms with van der Waals surface area (Å²) in [5.74, 6) is 1.08. The van der Waals surface area contributed by atoms with Gasteiger partial charge in [-0.15, -0.1) is 11.3 Å². The maximum Gasteiger partial charge on any atom is 0.341 e. The third-order valence-electron chi connectivity index (χ3n) is 5.49. The number of rotatable bonds is 6. The van der Waals surface area contributed by atoms with Crippen molar-refractivity contribution in [2.75, 3.05) is 17.7 Å². The van der Waals surface area contributed by atoms with Gasteiger partial charge in [0.1, 0.15) is 17.4 Å². The predicted octanol–water partition coefficient (Wildman–Crippen LogP) is 6.05. The lowest BCUT2D eigenvalue weighted by atomic mass is 9.88. The van der Waals surface area contributed by atoms with Gasteiger partial charge in [0.05, 0.1) is 12.7 Å². The molecule has 1 atom stereocenters. The standard InChI is InChI=1S/C25H26N2O3S2/c1-16-8-13-20-21(14-16)32-23(22(20)24(28)29-2)27-25(31)26-18-9-11-19(12-10-18)30-15-17-6-4-3-5-7-17/h3-7,9-12,16H,8,13-15H2,1-2H3,(H2,26,27,31). The van der Waals surface area contributed by atoms with Crippen LogP contribution in [-0.2, 0) is 24.2 Å². The number of thiocarbonyl (C=S) groups is 1. The summed E-state index contributed by atoms with van der Waals surface area (Å²) < 4.78 is 10.9. The summed E-state index contributed by atoms with van der Waals surface area (Å²) in [6.07, 6.45) is 2.95. The largest absolute Gasteiger partial charge is 0.489 e. The summed E-state index contributed by atoms with van der Waals surface area (Å²) in [4.78, 5) is 13.7. The van der Waals surface area contributed by atoms with Crippen molar-refractivity contribution < 1.29 is 14.3 Å². The van der Waals surface area contributed by atoms with E-state index in [2.05, 4.69) is 17.6 Å². The maximum atomic E-state index is 12.5. The van der Waals surface area contributed by atoms with Crippen molar-refractivity contribution in [3.05, 3.63) is 76.2 Å². The highest BCUT2D eigenvalue weighted by molar-refractivity contribution is 7.80. The summed E-state index contributed by atoms with van der Waals surface area (Å²) in [6, 6.07) is 17.7. The molecule has 0 aliphatic heterocycles. The number of methoxy groups -OCH3 is 1. The van der Waals surface area contributed by atoms with E-state index < -0.39 is 0 Å². The zero-order valence-corrected chi connectivity index (χ0v) is 19.8. The molecule has 0 fully saturated rings. The van der Waals surface area contributed by atoms with E-state index in [4.69, 9.17) is 21.7 Å². The first kappa shape index (κ1) is 22.3. The van der Waals surface area contributed by atoms with Gasteiger partial charge < -0.3 is 20.1 Å². The van der Waals surface area contributed by atoms with Crippen LogP contribution in [0, 0.1) is 5.92 Å². The molecule has 0 saturated carbocycles. The van der Waals surface area contributed by atoms with Gasteiger partial charge in [0.15, 0.2) is 5.11 Å². The molecular formula is C25H26N2O3S2. The molecule has 166 valence electrons. The monoisotopic (exact) mass is 466 g/mol. The normalized spacial score (nSPS) is 14.9. The number of ether oxygens (including phenoxy) is 2. The lowest BCUT2D eigenvalue weighted by molar-refractivity contribution is 0.0601. The van der Waals surface area contributed by atoms with Gasteiger partial charge >= 0.3 is 5.97 Å². The molecule has 0 amide bonds. The van der Waals surface area contributed by atoms with Gasteiger partial charge in [-0.1, -0.05) is 37.3 Å². The molecule has 0 spiro atoms. The van der Waals surface area contributed by atoms with Crippen molar-refractivity contribution in [1.82, 2.24) is 0 Å². The van der Waals surface area contributed by atoms with Crippen LogP contribution in [0.15, 0.2) is 54.6 Å². The molecule has 0 saturated heterocycles. The highest BCUT2D eigenvalue weighted by Gasteiger charge is 2.28. The molecule has 3 aromatic rings. The molecule has 32 heavy (non-hydrogen) atoms. The number of benzene rings is 2. The lowest BCUT2D eigenvalue weighted by Gasteiger charge is -2.18. The minimum atomic E-state index is -0.317. The summed E-state index contributed by atoms with van der Waals surface area (Å²) in [5.41, 5.74) is 3.68. The summed E-state index contributed by atoms with van der Waals surface area (Å²) in [7, 11) is 1.42. The third kappa shape index (κ3) is 5.29. The van der Waals surface area contributed by atoms with E-state index in [0.29, 0.717) is 23.2 Å². The second-order valence-electron chi connectivity index (χ2n) is 7.93. The first-order valence-corrected chi connectivity index (χ1v) is 11.8. The van der Waals surface area contributed by atoms with Gasteiger partial charge in [-0.05, 0) is 72.8 Å². The van der Waals surface area contributed by atoms with E-state index in [0.717, 1.165) is 46.8 Å². The van der Waals surface area contributed by atoms with Crippen molar-refractivity contribution in [3.8, 4) is 5.75 Å². The van der Waals surface area contributed by atoms with Gasteiger partial charge in [-0.3, -0.25) is 0 Å². The van der Waals surface area contributed by atoms with Gasteiger partial charge in [-0.2, -0.15) is 0 Å². The minimum absolute atomic E-state index is 0.317. The van der Waals surface area contributed by atoms with Gasteiger partial charge in [0.2, 0.25) is 0 Å². The number of hydrogen-bond acceptors (Lipinski definition) is 5. The molecule has 5 nitrogen and oxygen atoms in total. The van der Waals surface area contributed by atoms with Crippen molar-refractivity contribution in [3.63, 3.8) is 0 Å². The Hall–Kier alpha value is -2.90. The predicted molar refractivity (Wildman–Crippen MR) is 134 cm³/mol. The Morgan fingerprint density at radius 1 is 1.12 bits per heavy atom. The average Bonchev–Trinajstić information content (AvgIpc) is 3.15. The Bertz CT molecular complexity index is 1090. The summed E-state index contributed by atoms with van der Waals surface area (Å²) in [5, 5.41) is 7.58. The van der Waals surface area contributed by atoms with Crippen molar-refractivity contribution in [2.24, 2.45) is 5.92 Å². The number of carbonyl (C=O) groups excluding carboxylic acids is 1. The molecule has 1 aliphatic rings. The van der Waals surface area contributed by atoms with E-state index >= 15 is 0 Å². The Balaban J connectivity index is 1.40. The first-order valence-electron chi connectivity index (χ1n) is 10.6. The minimum Gasteiger partial charge on any atom is -0.489 e. The SMILES string of the molecule is COC(=O)c1c(NC(=S)Nc2ccc(OCc3ccccc3)cc2)sc2c1CCC(C)C2. The summed E-state index contributed by atoms with van der Waals surface area (Å²) in [6.45, 7) is 2.76. The fourth-order valence-corrected chi connectivity index (χ4v) is 5.49. The molecule has 4 rings (SSSR count). The first-order chi connectivity index (χ1) is 15.5. The average molecular weight is 467 g/mol. The number of thiophene rings is 1. The van der Waals surface area contributed by atoms with E-state index in [9.17, 15) is 4.79 Å². The van der Waals surface area contributed by atoms with Crippen LogP contribution < -0.4 is 15.4 Å². The Morgan fingerprint density at radius 3 is 2.59 bits per heavy atom. The number of anilines is 2. The molecule has 7 heteroatoms. The molecule has 2 aromatic carbocycles. The van der Waals surface area contributed by atoms with Crippen LogP contribution in [0.25, 0.3) is 0 Å². The van der Waals surface area contributed by atoms with Crippen LogP contribution in [0.5, 0.6) is 5.75 Å². The molecule has 0 bridgehead atoms. The fraction of sp³-hybridized carbons (Fsp3) is 0.280. The lowest BCUT2D eigenvalue weighted by Crippen LogP contribution is -2.20. The van der Waals surface area contributed by atoms with E-state index in [1.165, 1.54) is 12.0 Å². The van der Waals surface area contributed by atoms with Crippen LogP contribution in [0.1, 0.15) is 39.7 Å². The molecule has 1 heterocycles. The number of nitrogens with one attached hydrogen (secondary N) is 2. The van der Waals surface area contributed by atoms with Crippen LogP contribution in [0.4, 0.5) is 10.7 Å². The third-order valence-corrected chi connectivity index (χ3v) is 6.86. The second kappa shape index (κ2) is 10.1. The van der Waals surface area contributed by atoms with Gasteiger partial charge in [0, 0.05) is 10.6 Å². The quantitative estimate of drug-likeness (QED) is 0.341. The zero-order valence-electron chi connectivity index (χ0n) is 18.1. The van der Waals surface area contributed by atoms with Crippen LogP contribution >= 0.6 is 23.6 Å². The van der Waals surface area contributed by atoms with Crippen molar-refractivity contribution >= 4 is 45.3 Å². The number of fused-ring (bicyclic) bond motifs is 1. The highest BCUT2D eigenvalue weighted by Crippen LogP contribution is 2.40. The molecule has 1 unspecified atom stereocenters. The smallest absolute Gasteiger partial charge is 0.341 e. The van der Waals surface area contributed by atoms with Crippen LogP contribution in [-0.4, -0.2) is 18.2 Å². The Kier molecular flexibility index (Phi) is 7.07. The zero-order chi connectivity index (χ0) is 22.5. The number of carbonyl (C=O) groups is 1. The molecule has 1 aliphatic carbocycles. The molecule has 2 N–H and O–H groups in total. The number of hydrogen-bond donors (Lipinski definition) is 2. The van der Waals surface area contributed by atoms with Crippen LogP contribution in [0.3, 0.4) is 0 Å². The topological polar surface area (TPSA) is 59.6 Å².